The smallest absolute Gasteiger partial charge is 0.179 e. The van der Waals surface area contributed by atoms with Gasteiger partial charge in [-0.2, -0.15) is 0 Å². The van der Waals surface area contributed by atoms with Gasteiger partial charge in [0.15, 0.2) is 9.84 Å². The Bertz CT molecular complexity index is 442. The molecule has 0 fully saturated rings. The van der Waals surface area contributed by atoms with Gasteiger partial charge in [0.05, 0.1) is 10.6 Å². The van der Waals surface area contributed by atoms with E-state index >= 15 is 0 Å². The minimum absolute atomic E-state index is 0.000628. The van der Waals surface area contributed by atoms with E-state index in [-0.39, 0.29) is 11.8 Å². The van der Waals surface area contributed by atoms with Crippen molar-refractivity contribution >= 4 is 21.4 Å². The van der Waals surface area contributed by atoms with Crippen LogP contribution in [0.15, 0.2) is 29.2 Å². The zero-order chi connectivity index (χ0) is 12.9. The average Bonchev–Trinajstić information content (AvgIpc) is 2.28. The van der Waals surface area contributed by atoms with Crippen LogP contribution < -0.4 is 5.32 Å². The minimum Gasteiger partial charge on any atom is -0.313 e. The van der Waals surface area contributed by atoms with Crippen LogP contribution in [0.4, 0.5) is 0 Å². The zero-order valence-electron chi connectivity index (χ0n) is 10.1. The van der Waals surface area contributed by atoms with Gasteiger partial charge in [-0.1, -0.05) is 25.4 Å². The fourth-order valence-electron chi connectivity index (χ4n) is 1.61. The first-order valence-corrected chi connectivity index (χ1v) is 7.74. The molecule has 0 aliphatic heterocycles. The molecule has 96 valence electrons. The van der Waals surface area contributed by atoms with Gasteiger partial charge in [-0.25, -0.2) is 8.42 Å². The SMILES string of the molecule is CCNC(CC)CS(=O)(=O)c1ccc(Cl)cc1. The Morgan fingerprint density at radius 1 is 1.24 bits per heavy atom. The van der Waals surface area contributed by atoms with Crippen molar-refractivity contribution in [2.75, 3.05) is 12.3 Å². The van der Waals surface area contributed by atoms with E-state index in [2.05, 4.69) is 5.32 Å². The maximum Gasteiger partial charge on any atom is 0.179 e. The van der Waals surface area contributed by atoms with E-state index in [1.807, 2.05) is 13.8 Å². The number of nitrogens with one attached hydrogen (secondary N) is 1. The van der Waals surface area contributed by atoms with Crippen LogP contribution in [0.5, 0.6) is 0 Å². The molecule has 17 heavy (non-hydrogen) atoms. The van der Waals surface area contributed by atoms with Crippen LogP contribution in [0, 0.1) is 0 Å². The molecule has 5 heteroatoms. The van der Waals surface area contributed by atoms with E-state index < -0.39 is 9.84 Å². The van der Waals surface area contributed by atoms with Crippen molar-refractivity contribution < 1.29 is 8.42 Å². The summed E-state index contributed by atoms with van der Waals surface area (Å²) in [5.74, 6) is 0.124. The van der Waals surface area contributed by atoms with Gasteiger partial charge >= 0.3 is 0 Å². The summed E-state index contributed by atoms with van der Waals surface area (Å²) in [5, 5.41) is 3.71. The lowest BCUT2D eigenvalue weighted by Crippen LogP contribution is -2.34. The van der Waals surface area contributed by atoms with Crippen LogP contribution in [0.1, 0.15) is 20.3 Å². The number of rotatable bonds is 6. The van der Waals surface area contributed by atoms with Crippen molar-refractivity contribution in [3.05, 3.63) is 29.3 Å². The van der Waals surface area contributed by atoms with E-state index in [9.17, 15) is 8.42 Å². The Morgan fingerprint density at radius 2 is 1.82 bits per heavy atom. The third-order valence-electron chi connectivity index (χ3n) is 2.58. The van der Waals surface area contributed by atoms with E-state index in [0.29, 0.717) is 9.92 Å². The van der Waals surface area contributed by atoms with Crippen LogP contribution in [-0.2, 0) is 9.84 Å². The molecule has 0 aromatic heterocycles. The summed E-state index contributed by atoms with van der Waals surface area (Å²) in [6.45, 7) is 4.72. The summed E-state index contributed by atoms with van der Waals surface area (Å²) >= 11 is 5.74. The second kappa shape index (κ2) is 6.38. The molecule has 0 aliphatic rings. The molecular formula is C12H18ClNO2S. The summed E-state index contributed by atoms with van der Waals surface area (Å²) in [7, 11) is -3.23. The number of sulfone groups is 1. The highest BCUT2D eigenvalue weighted by Gasteiger charge is 2.19. The van der Waals surface area contributed by atoms with Crippen LogP contribution in [0.25, 0.3) is 0 Å². The molecular weight excluding hydrogens is 258 g/mol. The molecule has 0 saturated heterocycles. The summed E-state index contributed by atoms with van der Waals surface area (Å²) in [4.78, 5) is 0.332. The lowest BCUT2D eigenvalue weighted by Gasteiger charge is -2.15. The first kappa shape index (κ1) is 14.5. The van der Waals surface area contributed by atoms with E-state index in [4.69, 9.17) is 11.6 Å². The monoisotopic (exact) mass is 275 g/mol. The highest BCUT2D eigenvalue weighted by molar-refractivity contribution is 7.91. The Labute approximate surface area is 108 Å². The summed E-state index contributed by atoms with van der Waals surface area (Å²) in [5.41, 5.74) is 0. The first-order valence-electron chi connectivity index (χ1n) is 5.71. The topological polar surface area (TPSA) is 46.2 Å². The van der Waals surface area contributed by atoms with Gasteiger partial charge in [0, 0.05) is 11.1 Å². The van der Waals surface area contributed by atoms with Gasteiger partial charge < -0.3 is 5.32 Å². The van der Waals surface area contributed by atoms with Crippen molar-refractivity contribution in [2.45, 2.75) is 31.2 Å². The lowest BCUT2D eigenvalue weighted by atomic mass is 10.2. The molecule has 1 aromatic rings. The Balaban J connectivity index is 2.84. The molecule has 1 N–H and O–H groups in total. The van der Waals surface area contributed by atoms with E-state index in [1.165, 1.54) is 0 Å². The molecule has 0 saturated carbocycles. The normalized spacial score (nSPS) is 13.6. The highest BCUT2D eigenvalue weighted by Crippen LogP contribution is 2.16. The number of hydrogen-bond donors (Lipinski definition) is 1. The molecule has 1 unspecified atom stereocenters. The quantitative estimate of drug-likeness (QED) is 0.868. The molecule has 0 heterocycles. The lowest BCUT2D eigenvalue weighted by molar-refractivity contribution is 0.533. The van der Waals surface area contributed by atoms with Gasteiger partial charge in [0.1, 0.15) is 0 Å². The van der Waals surface area contributed by atoms with Gasteiger partial charge in [0.25, 0.3) is 0 Å². The molecule has 3 nitrogen and oxygen atoms in total. The van der Waals surface area contributed by atoms with Crippen molar-refractivity contribution in [3.8, 4) is 0 Å². The van der Waals surface area contributed by atoms with E-state index in [1.54, 1.807) is 24.3 Å². The van der Waals surface area contributed by atoms with Gasteiger partial charge in [-0.3, -0.25) is 0 Å². The fourth-order valence-corrected chi connectivity index (χ4v) is 3.37. The maximum absolute atomic E-state index is 12.1. The standard InChI is InChI=1S/C12H18ClNO2S/c1-3-11(14-4-2)9-17(15,16)12-7-5-10(13)6-8-12/h5-8,11,14H,3-4,9H2,1-2H3. The Kier molecular flexibility index (Phi) is 5.43. The first-order chi connectivity index (χ1) is 7.99. The predicted molar refractivity (Wildman–Crippen MR) is 71.3 cm³/mol. The Morgan fingerprint density at radius 3 is 2.29 bits per heavy atom. The molecule has 0 bridgehead atoms. The average molecular weight is 276 g/mol. The summed E-state index contributed by atoms with van der Waals surface area (Å²) in [6.07, 6.45) is 0.792. The van der Waals surface area contributed by atoms with Crippen molar-refractivity contribution in [1.29, 1.82) is 0 Å². The van der Waals surface area contributed by atoms with Crippen molar-refractivity contribution in [3.63, 3.8) is 0 Å². The Hall–Kier alpha value is -0.580. The van der Waals surface area contributed by atoms with Gasteiger partial charge in [0.2, 0.25) is 0 Å². The second-order valence-electron chi connectivity index (χ2n) is 3.90. The summed E-state index contributed by atoms with van der Waals surface area (Å²) < 4.78 is 24.2. The molecule has 0 aliphatic carbocycles. The van der Waals surface area contributed by atoms with Crippen LogP contribution >= 0.6 is 11.6 Å². The molecule has 0 amide bonds. The van der Waals surface area contributed by atoms with Crippen LogP contribution in [-0.4, -0.2) is 26.8 Å². The molecule has 1 rings (SSSR count). The maximum atomic E-state index is 12.1. The van der Waals surface area contributed by atoms with Crippen LogP contribution in [0.2, 0.25) is 5.02 Å². The van der Waals surface area contributed by atoms with Crippen molar-refractivity contribution in [2.24, 2.45) is 0 Å². The predicted octanol–water partition coefficient (Wildman–Crippen LogP) is 2.50. The summed E-state index contributed by atoms with van der Waals surface area (Å²) in [6, 6.07) is 6.30. The number of benzene rings is 1. The second-order valence-corrected chi connectivity index (χ2v) is 6.37. The molecule has 1 atom stereocenters. The van der Waals surface area contributed by atoms with E-state index in [0.717, 1.165) is 13.0 Å². The van der Waals surface area contributed by atoms with Crippen LogP contribution in [0.3, 0.4) is 0 Å². The minimum atomic E-state index is -3.23. The molecule has 1 aromatic carbocycles. The van der Waals surface area contributed by atoms with Gasteiger partial charge in [-0.05, 0) is 37.2 Å². The third-order valence-corrected chi connectivity index (χ3v) is 4.66. The largest absolute Gasteiger partial charge is 0.313 e. The molecule has 0 spiro atoms. The number of hydrogen-bond acceptors (Lipinski definition) is 3. The van der Waals surface area contributed by atoms with Crippen molar-refractivity contribution in [1.82, 2.24) is 5.32 Å². The third kappa shape index (κ3) is 4.30. The fraction of sp³-hybridized carbons (Fsp3) is 0.500. The zero-order valence-corrected chi connectivity index (χ0v) is 11.7. The number of halogens is 1. The highest BCUT2D eigenvalue weighted by atomic mass is 35.5. The molecule has 0 radical (unpaired) electrons. The van der Waals surface area contributed by atoms with Gasteiger partial charge in [-0.15, -0.1) is 0 Å².